The molecule has 1 aliphatic heterocycles. The maximum Gasteiger partial charge on any atom is 0.254 e. The van der Waals surface area contributed by atoms with Crippen LogP contribution in [0.4, 0.5) is 4.39 Å². The SMILES string of the molecule is O=C(/C=C/c1ccc(Cl)cc1)N1CCN(C(=O)c2cccc(F)c2)CC1. The minimum atomic E-state index is -0.433. The summed E-state index contributed by atoms with van der Waals surface area (Å²) in [7, 11) is 0. The number of hydrogen-bond acceptors (Lipinski definition) is 2. The molecule has 0 unspecified atom stereocenters. The highest BCUT2D eigenvalue weighted by atomic mass is 35.5. The van der Waals surface area contributed by atoms with Crippen LogP contribution in [0.5, 0.6) is 0 Å². The molecule has 6 heteroatoms. The molecule has 26 heavy (non-hydrogen) atoms. The van der Waals surface area contributed by atoms with Gasteiger partial charge in [-0.3, -0.25) is 9.59 Å². The van der Waals surface area contributed by atoms with E-state index in [0.717, 1.165) is 5.56 Å². The molecule has 2 amide bonds. The third kappa shape index (κ3) is 4.49. The van der Waals surface area contributed by atoms with E-state index in [-0.39, 0.29) is 11.8 Å². The molecule has 0 radical (unpaired) electrons. The number of benzene rings is 2. The molecule has 1 heterocycles. The second-order valence-electron chi connectivity index (χ2n) is 6.01. The van der Waals surface area contributed by atoms with Gasteiger partial charge in [-0.15, -0.1) is 0 Å². The first-order valence-corrected chi connectivity index (χ1v) is 8.68. The molecule has 2 aromatic rings. The smallest absolute Gasteiger partial charge is 0.254 e. The average Bonchev–Trinajstić information content (AvgIpc) is 2.67. The number of nitrogens with zero attached hydrogens (tertiary/aromatic N) is 2. The Kier molecular flexibility index (Phi) is 5.68. The molecule has 0 aromatic heterocycles. The molecule has 0 N–H and O–H groups in total. The lowest BCUT2D eigenvalue weighted by Crippen LogP contribution is -2.50. The molecule has 3 rings (SSSR count). The van der Waals surface area contributed by atoms with Crippen molar-refractivity contribution in [2.45, 2.75) is 0 Å². The highest BCUT2D eigenvalue weighted by Crippen LogP contribution is 2.13. The molecule has 1 aliphatic rings. The lowest BCUT2D eigenvalue weighted by atomic mass is 10.1. The van der Waals surface area contributed by atoms with E-state index < -0.39 is 5.82 Å². The summed E-state index contributed by atoms with van der Waals surface area (Å²) < 4.78 is 13.3. The Morgan fingerprint density at radius 2 is 1.62 bits per heavy atom. The molecule has 0 spiro atoms. The molecule has 0 bridgehead atoms. The van der Waals surface area contributed by atoms with Crippen molar-refractivity contribution in [1.82, 2.24) is 9.80 Å². The Hall–Kier alpha value is -2.66. The van der Waals surface area contributed by atoms with Crippen molar-refractivity contribution in [1.29, 1.82) is 0 Å². The maximum atomic E-state index is 13.3. The van der Waals surface area contributed by atoms with Crippen LogP contribution < -0.4 is 0 Å². The summed E-state index contributed by atoms with van der Waals surface area (Å²) in [4.78, 5) is 28.0. The first-order chi connectivity index (χ1) is 12.5. The molecule has 2 aromatic carbocycles. The molecule has 1 fully saturated rings. The second kappa shape index (κ2) is 8.15. The van der Waals surface area contributed by atoms with Crippen LogP contribution in [0.2, 0.25) is 5.02 Å². The Labute approximate surface area is 156 Å². The molecule has 4 nitrogen and oxygen atoms in total. The summed E-state index contributed by atoms with van der Waals surface area (Å²) in [5.41, 5.74) is 1.22. The van der Waals surface area contributed by atoms with Crippen LogP contribution in [-0.4, -0.2) is 47.8 Å². The van der Waals surface area contributed by atoms with Crippen LogP contribution in [-0.2, 0) is 4.79 Å². The molecular formula is C20H18ClFN2O2. The predicted molar refractivity (Wildman–Crippen MR) is 99.4 cm³/mol. The van der Waals surface area contributed by atoms with Gasteiger partial charge in [0.2, 0.25) is 5.91 Å². The topological polar surface area (TPSA) is 40.6 Å². The van der Waals surface area contributed by atoms with E-state index in [1.807, 2.05) is 12.1 Å². The molecular weight excluding hydrogens is 355 g/mol. The van der Waals surface area contributed by atoms with E-state index >= 15 is 0 Å². The Morgan fingerprint density at radius 1 is 0.962 bits per heavy atom. The largest absolute Gasteiger partial charge is 0.336 e. The van der Waals surface area contributed by atoms with Gasteiger partial charge in [0.25, 0.3) is 5.91 Å². The molecule has 0 saturated carbocycles. The number of carbonyl (C=O) groups is 2. The van der Waals surface area contributed by atoms with Gasteiger partial charge >= 0.3 is 0 Å². The number of halogens is 2. The summed E-state index contributed by atoms with van der Waals surface area (Å²) in [6.07, 6.45) is 3.26. The summed E-state index contributed by atoms with van der Waals surface area (Å²) >= 11 is 5.84. The van der Waals surface area contributed by atoms with Crippen molar-refractivity contribution in [2.75, 3.05) is 26.2 Å². The van der Waals surface area contributed by atoms with E-state index in [0.29, 0.717) is 36.8 Å². The van der Waals surface area contributed by atoms with Crippen molar-refractivity contribution in [2.24, 2.45) is 0 Å². The quantitative estimate of drug-likeness (QED) is 0.774. The normalized spacial score (nSPS) is 14.7. The van der Waals surface area contributed by atoms with Crippen molar-refractivity contribution in [3.63, 3.8) is 0 Å². The van der Waals surface area contributed by atoms with Crippen LogP contribution in [0, 0.1) is 5.82 Å². The molecule has 0 atom stereocenters. The molecule has 0 aliphatic carbocycles. The minimum absolute atomic E-state index is 0.0993. The summed E-state index contributed by atoms with van der Waals surface area (Å²) in [6, 6.07) is 12.9. The highest BCUT2D eigenvalue weighted by Gasteiger charge is 2.24. The van der Waals surface area contributed by atoms with Crippen LogP contribution in [0.1, 0.15) is 15.9 Å². The zero-order valence-electron chi connectivity index (χ0n) is 14.1. The van der Waals surface area contributed by atoms with Gasteiger partial charge in [-0.1, -0.05) is 29.8 Å². The third-order valence-electron chi connectivity index (χ3n) is 4.24. The highest BCUT2D eigenvalue weighted by molar-refractivity contribution is 6.30. The van der Waals surface area contributed by atoms with E-state index in [2.05, 4.69) is 0 Å². The van der Waals surface area contributed by atoms with Crippen molar-refractivity contribution in [3.05, 3.63) is 76.6 Å². The first-order valence-electron chi connectivity index (χ1n) is 8.30. The lowest BCUT2D eigenvalue weighted by Gasteiger charge is -2.34. The van der Waals surface area contributed by atoms with Crippen molar-refractivity contribution in [3.8, 4) is 0 Å². The van der Waals surface area contributed by atoms with Gasteiger partial charge in [0.1, 0.15) is 5.82 Å². The zero-order chi connectivity index (χ0) is 18.5. The van der Waals surface area contributed by atoms with E-state index in [4.69, 9.17) is 11.6 Å². The molecule has 134 valence electrons. The summed E-state index contributed by atoms with van der Waals surface area (Å²) in [6.45, 7) is 1.75. The van der Waals surface area contributed by atoms with Gasteiger partial charge < -0.3 is 9.80 Å². The van der Waals surface area contributed by atoms with Crippen LogP contribution in [0.3, 0.4) is 0 Å². The van der Waals surface area contributed by atoms with E-state index in [1.54, 1.807) is 34.1 Å². The number of hydrogen-bond donors (Lipinski definition) is 0. The monoisotopic (exact) mass is 372 g/mol. The average molecular weight is 373 g/mol. The van der Waals surface area contributed by atoms with Crippen LogP contribution >= 0.6 is 11.6 Å². The van der Waals surface area contributed by atoms with Gasteiger partial charge in [-0.25, -0.2) is 4.39 Å². The maximum absolute atomic E-state index is 13.3. The fourth-order valence-corrected chi connectivity index (χ4v) is 2.91. The van der Waals surface area contributed by atoms with Gasteiger partial charge in [0.05, 0.1) is 0 Å². The summed E-state index contributed by atoms with van der Waals surface area (Å²) in [5.74, 6) is -0.747. The predicted octanol–water partition coefficient (Wildman–Crippen LogP) is 3.48. The standard InChI is InChI=1S/C20H18ClFN2O2/c21-17-7-4-15(5-8-17)6-9-19(25)23-10-12-24(13-11-23)20(26)16-2-1-3-18(22)14-16/h1-9,14H,10-13H2/b9-6+. The Balaban J connectivity index is 1.55. The zero-order valence-corrected chi connectivity index (χ0v) is 14.8. The van der Waals surface area contributed by atoms with Gasteiger partial charge in [0.15, 0.2) is 0 Å². The van der Waals surface area contributed by atoms with Crippen molar-refractivity contribution >= 4 is 29.5 Å². The molecule has 1 saturated heterocycles. The van der Waals surface area contributed by atoms with E-state index in [1.165, 1.54) is 24.3 Å². The van der Waals surface area contributed by atoms with E-state index in [9.17, 15) is 14.0 Å². The second-order valence-corrected chi connectivity index (χ2v) is 6.45. The van der Waals surface area contributed by atoms with Crippen LogP contribution in [0.15, 0.2) is 54.6 Å². The van der Waals surface area contributed by atoms with Gasteiger partial charge in [-0.2, -0.15) is 0 Å². The Morgan fingerprint density at radius 3 is 2.27 bits per heavy atom. The Bertz CT molecular complexity index is 828. The fourth-order valence-electron chi connectivity index (χ4n) is 2.78. The first kappa shape index (κ1) is 18.1. The van der Waals surface area contributed by atoms with Gasteiger partial charge in [0, 0.05) is 42.8 Å². The summed E-state index contributed by atoms with van der Waals surface area (Å²) in [5, 5.41) is 0.646. The third-order valence-corrected chi connectivity index (χ3v) is 4.49. The van der Waals surface area contributed by atoms with Crippen LogP contribution in [0.25, 0.3) is 6.08 Å². The number of piperazine rings is 1. The minimum Gasteiger partial charge on any atom is -0.336 e. The number of rotatable bonds is 3. The fraction of sp³-hybridized carbons (Fsp3) is 0.200. The lowest BCUT2D eigenvalue weighted by molar-refractivity contribution is -0.127. The number of amides is 2. The van der Waals surface area contributed by atoms with Crippen molar-refractivity contribution < 1.29 is 14.0 Å². The van der Waals surface area contributed by atoms with Gasteiger partial charge in [-0.05, 0) is 42.0 Å². The number of carbonyl (C=O) groups excluding carboxylic acids is 2.